The summed E-state index contributed by atoms with van der Waals surface area (Å²) in [6, 6.07) is 4.09. The molecule has 2 N–H and O–H groups in total. The van der Waals surface area contributed by atoms with Gasteiger partial charge in [-0.1, -0.05) is 11.6 Å². The van der Waals surface area contributed by atoms with E-state index in [1.807, 2.05) is 0 Å². The van der Waals surface area contributed by atoms with Crippen LogP contribution in [0.5, 0.6) is 0 Å². The second kappa shape index (κ2) is 8.69. The first-order valence-corrected chi connectivity index (χ1v) is 8.26. The van der Waals surface area contributed by atoms with Crippen molar-refractivity contribution in [3.63, 3.8) is 0 Å². The number of benzene rings is 1. The number of nitrogens with one attached hydrogen (secondary N) is 2. The number of amides is 2. The van der Waals surface area contributed by atoms with Crippen LogP contribution in [0.1, 0.15) is 44.1 Å². The molecule has 0 fully saturated rings. The number of rotatable bonds is 6. The van der Waals surface area contributed by atoms with E-state index in [-0.39, 0.29) is 12.1 Å². The van der Waals surface area contributed by atoms with Crippen molar-refractivity contribution in [3.05, 3.63) is 41.5 Å². The summed E-state index contributed by atoms with van der Waals surface area (Å²) >= 11 is 0. The van der Waals surface area contributed by atoms with Crippen molar-refractivity contribution in [2.45, 2.75) is 44.7 Å². The highest BCUT2D eigenvalue weighted by Gasteiger charge is 2.30. The van der Waals surface area contributed by atoms with Crippen molar-refractivity contribution in [1.82, 2.24) is 5.32 Å². The van der Waals surface area contributed by atoms with Gasteiger partial charge in [0, 0.05) is 12.2 Å². The summed E-state index contributed by atoms with van der Waals surface area (Å²) in [6.45, 7) is 0.484. The number of carbonyl (C=O) groups is 2. The molecule has 7 heteroatoms. The number of allylic oxidation sites excluding steroid dienone is 1. The summed E-state index contributed by atoms with van der Waals surface area (Å²) in [7, 11) is 0. The lowest BCUT2D eigenvalue weighted by molar-refractivity contribution is -0.137. The van der Waals surface area contributed by atoms with Crippen LogP contribution in [0.2, 0.25) is 0 Å². The van der Waals surface area contributed by atoms with Gasteiger partial charge >= 0.3 is 6.18 Å². The monoisotopic (exact) mass is 354 g/mol. The van der Waals surface area contributed by atoms with Crippen LogP contribution in [0.25, 0.3) is 0 Å². The lowest BCUT2D eigenvalue weighted by Gasteiger charge is -2.13. The van der Waals surface area contributed by atoms with Crippen LogP contribution in [-0.4, -0.2) is 18.4 Å². The molecule has 136 valence electrons. The Kier molecular flexibility index (Phi) is 6.61. The lowest BCUT2D eigenvalue weighted by atomic mass is 9.97. The van der Waals surface area contributed by atoms with E-state index in [4.69, 9.17) is 0 Å². The standard InChI is InChI=1S/C18H21F3N2O2/c19-18(20,21)14-6-8-15(9-7-14)23-17(25)12-16(24)22-11-10-13-4-2-1-3-5-13/h4,6-9H,1-3,5,10-12H2,(H,22,24)(H,23,25). The molecule has 1 aromatic rings. The topological polar surface area (TPSA) is 58.2 Å². The Hall–Kier alpha value is -2.31. The molecule has 1 aliphatic rings. The minimum Gasteiger partial charge on any atom is -0.355 e. The third kappa shape index (κ3) is 6.60. The van der Waals surface area contributed by atoms with Gasteiger partial charge in [0.15, 0.2) is 0 Å². The quantitative estimate of drug-likeness (QED) is 0.598. The average molecular weight is 354 g/mol. The van der Waals surface area contributed by atoms with Crippen LogP contribution < -0.4 is 10.6 Å². The largest absolute Gasteiger partial charge is 0.416 e. The molecule has 0 spiro atoms. The van der Waals surface area contributed by atoms with E-state index < -0.39 is 23.6 Å². The molecular formula is C18H21F3N2O2. The Balaban J connectivity index is 1.72. The first-order valence-electron chi connectivity index (χ1n) is 8.26. The van der Waals surface area contributed by atoms with Crippen LogP contribution in [0.3, 0.4) is 0 Å². The highest BCUT2D eigenvalue weighted by Crippen LogP contribution is 2.29. The molecule has 2 amide bonds. The van der Waals surface area contributed by atoms with Gasteiger partial charge in [0.2, 0.25) is 11.8 Å². The van der Waals surface area contributed by atoms with Crippen molar-refractivity contribution in [1.29, 1.82) is 0 Å². The molecule has 0 aliphatic heterocycles. The number of alkyl halides is 3. The van der Waals surface area contributed by atoms with E-state index in [1.165, 1.54) is 18.4 Å². The van der Waals surface area contributed by atoms with E-state index in [0.717, 1.165) is 43.5 Å². The molecule has 0 saturated carbocycles. The second-order valence-electron chi connectivity index (χ2n) is 6.01. The molecule has 0 unspecified atom stereocenters. The van der Waals surface area contributed by atoms with Crippen molar-refractivity contribution in [2.24, 2.45) is 0 Å². The molecule has 0 atom stereocenters. The maximum absolute atomic E-state index is 12.5. The number of anilines is 1. The van der Waals surface area contributed by atoms with E-state index in [9.17, 15) is 22.8 Å². The Morgan fingerprint density at radius 3 is 2.36 bits per heavy atom. The van der Waals surface area contributed by atoms with Gasteiger partial charge in [-0.2, -0.15) is 13.2 Å². The van der Waals surface area contributed by atoms with Gasteiger partial charge in [0.25, 0.3) is 0 Å². The van der Waals surface area contributed by atoms with Crippen LogP contribution in [0.4, 0.5) is 18.9 Å². The third-order valence-electron chi connectivity index (χ3n) is 3.97. The molecule has 2 rings (SSSR count). The van der Waals surface area contributed by atoms with Gasteiger partial charge in [-0.3, -0.25) is 9.59 Å². The van der Waals surface area contributed by atoms with Crippen molar-refractivity contribution in [2.75, 3.05) is 11.9 Å². The Bertz CT molecular complexity index is 637. The van der Waals surface area contributed by atoms with Crippen molar-refractivity contribution < 1.29 is 22.8 Å². The van der Waals surface area contributed by atoms with E-state index >= 15 is 0 Å². The predicted molar refractivity (Wildman–Crippen MR) is 88.9 cm³/mol. The molecule has 0 aromatic heterocycles. The molecule has 25 heavy (non-hydrogen) atoms. The Morgan fingerprint density at radius 1 is 1.04 bits per heavy atom. The normalized spacial score (nSPS) is 14.6. The molecule has 0 bridgehead atoms. The van der Waals surface area contributed by atoms with Gasteiger partial charge in [0.05, 0.1) is 5.56 Å². The maximum atomic E-state index is 12.5. The van der Waals surface area contributed by atoms with E-state index in [1.54, 1.807) is 0 Å². The first-order chi connectivity index (χ1) is 11.8. The summed E-state index contributed by atoms with van der Waals surface area (Å²) < 4.78 is 37.4. The summed E-state index contributed by atoms with van der Waals surface area (Å²) in [6.07, 6.45) is 2.73. The van der Waals surface area contributed by atoms with Crippen LogP contribution in [0, 0.1) is 0 Å². The third-order valence-corrected chi connectivity index (χ3v) is 3.97. The first kappa shape index (κ1) is 19.0. The highest BCUT2D eigenvalue weighted by molar-refractivity contribution is 6.03. The fourth-order valence-corrected chi connectivity index (χ4v) is 2.65. The van der Waals surface area contributed by atoms with Gasteiger partial charge in [0.1, 0.15) is 6.42 Å². The zero-order valence-electron chi connectivity index (χ0n) is 13.8. The fourth-order valence-electron chi connectivity index (χ4n) is 2.65. The van der Waals surface area contributed by atoms with Gasteiger partial charge in [-0.15, -0.1) is 0 Å². The van der Waals surface area contributed by atoms with E-state index in [2.05, 4.69) is 16.7 Å². The molecule has 0 heterocycles. The van der Waals surface area contributed by atoms with Crippen LogP contribution in [0.15, 0.2) is 35.9 Å². The number of hydrogen-bond donors (Lipinski definition) is 2. The summed E-state index contributed by atoms with van der Waals surface area (Å²) in [5.74, 6) is -0.963. The maximum Gasteiger partial charge on any atom is 0.416 e. The Morgan fingerprint density at radius 2 is 1.76 bits per heavy atom. The van der Waals surface area contributed by atoms with Gasteiger partial charge in [-0.05, 0) is 56.4 Å². The van der Waals surface area contributed by atoms with Gasteiger partial charge in [-0.25, -0.2) is 0 Å². The smallest absolute Gasteiger partial charge is 0.355 e. The van der Waals surface area contributed by atoms with Crippen LogP contribution in [-0.2, 0) is 15.8 Å². The molecule has 1 aliphatic carbocycles. The molecule has 1 aromatic carbocycles. The van der Waals surface area contributed by atoms with Crippen molar-refractivity contribution >= 4 is 17.5 Å². The Labute approximate surface area is 144 Å². The summed E-state index contributed by atoms with van der Waals surface area (Å²) in [5.41, 5.74) is 0.763. The van der Waals surface area contributed by atoms with E-state index in [0.29, 0.717) is 6.54 Å². The summed E-state index contributed by atoms with van der Waals surface area (Å²) in [4.78, 5) is 23.5. The molecule has 0 radical (unpaired) electrons. The number of carbonyl (C=O) groups excluding carboxylic acids is 2. The zero-order chi connectivity index (χ0) is 18.3. The van der Waals surface area contributed by atoms with Gasteiger partial charge < -0.3 is 10.6 Å². The SMILES string of the molecule is O=C(CC(=O)Nc1ccc(C(F)(F)F)cc1)NCCC1=CCCCC1. The second-order valence-corrected chi connectivity index (χ2v) is 6.01. The summed E-state index contributed by atoms with van der Waals surface area (Å²) in [5, 5.41) is 5.10. The molecule has 0 saturated heterocycles. The highest BCUT2D eigenvalue weighted by atomic mass is 19.4. The number of halogens is 3. The van der Waals surface area contributed by atoms with Crippen LogP contribution >= 0.6 is 0 Å². The minimum absolute atomic E-state index is 0.221. The van der Waals surface area contributed by atoms with Crippen molar-refractivity contribution in [3.8, 4) is 0 Å². The minimum atomic E-state index is -4.42. The fraction of sp³-hybridized carbons (Fsp3) is 0.444. The molecular weight excluding hydrogens is 333 g/mol. The predicted octanol–water partition coefficient (Wildman–Crippen LogP) is 4.04. The molecule has 4 nitrogen and oxygen atoms in total. The lowest BCUT2D eigenvalue weighted by Crippen LogP contribution is -2.29. The average Bonchev–Trinajstić information content (AvgIpc) is 2.55. The zero-order valence-corrected chi connectivity index (χ0v) is 13.8. The number of hydrogen-bond acceptors (Lipinski definition) is 2.